The van der Waals surface area contributed by atoms with E-state index in [0.717, 1.165) is 18.6 Å². The molecule has 1 aromatic carbocycles. The number of amides is 2. The summed E-state index contributed by atoms with van der Waals surface area (Å²) in [5.41, 5.74) is -0.242. The van der Waals surface area contributed by atoms with Crippen LogP contribution in [0.4, 0.5) is 13.2 Å². The maximum atomic E-state index is 12.8. The number of nitrogens with one attached hydrogen (secondary N) is 1. The first-order valence-corrected chi connectivity index (χ1v) is 9.93. The molecule has 2 amide bonds. The van der Waals surface area contributed by atoms with Gasteiger partial charge in [-0.3, -0.25) is 9.59 Å². The summed E-state index contributed by atoms with van der Waals surface area (Å²) < 4.78 is 38.0. The van der Waals surface area contributed by atoms with Gasteiger partial charge in [-0.1, -0.05) is 39.8 Å². The SMILES string of the molecule is CC(C)C[C@H]1CN(C(=O)C=Cc2ccc(C(F)(F)F)cc2)[C@@H](CC(C)C)C(=O)N1. The number of alkyl halides is 3. The highest BCUT2D eigenvalue weighted by atomic mass is 19.4. The standard InChI is InChI=1S/C22H29F3N2O2/c1-14(2)11-18-13-27(19(12-15(3)4)21(29)26-18)20(28)10-7-16-5-8-17(9-6-16)22(23,24)25/h5-10,14-15,18-19H,11-13H2,1-4H3,(H,26,29)/t18-,19-/m0/s1. The molecule has 160 valence electrons. The molecule has 0 aliphatic carbocycles. The normalized spacial score (nSPS) is 20.6. The van der Waals surface area contributed by atoms with Gasteiger partial charge in [0, 0.05) is 18.7 Å². The second-order valence-corrected chi connectivity index (χ2v) is 8.42. The molecule has 0 radical (unpaired) electrons. The predicted octanol–water partition coefficient (Wildman–Crippen LogP) is 4.51. The number of nitrogens with zero attached hydrogens (tertiary/aromatic N) is 1. The van der Waals surface area contributed by atoms with Gasteiger partial charge in [0.05, 0.1) is 5.56 Å². The van der Waals surface area contributed by atoms with Gasteiger partial charge >= 0.3 is 6.18 Å². The van der Waals surface area contributed by atoms with Gasteiger partial charge in [0.2, 0.25) is 11.8 Å². The van der Waals surface area contributed by atoms with Crippen LogP contribution in [0.1, 0.15) is 51.7 Å². The van der Waals surface area contributed by atoms with Crippen LogP contribution in [-0.2, 0) is 15.8 Å². The molecule has 1 N–H and O–H groups in total. The van der Waals surface area contributed by atoms with Crippen molar-refractivity contribution in [1.82, 2.24) is 10.2 Å². The van der Waals surface area contributed by atoms with Crippen molar-refractivity contribution in [3.63, 3.8) is 0 Å². The van der Waals surface area contributed by atoms with Gasteiger partial charge in [-0.05, 0) is 48.4 Å². The second-order valence-electron chi connectivity index (χ2n) is 8.42. The summed E-state index contributed by atoms with van der Waals surface area (Å²) in [6.07, 6.45) is -0.249. The van der Waals surface area contributed by atoms with Crippen molar-refractivity contribution in [1.29, 1.82) is 0 Å². The lowest BCUT2D eigenvalue weighted by Gasteiger charge is -2.40. The molecule has 2 atom stereocenters. The maximum absolute atomic E-state index is 12.8. The van der Waals surface area contributed by atoms with Crippen molar-refractivity contribution in [2.24, 2.45) is 11.8 Å². The molecular formula is C22H29F3N2O2. The third-order valence-electron chi connectivity index (χ3n) is 4.83. The minimum absolute atomic E-state index is 0.102. The van der Waals surface area contributed by atoms with E-state index in [9.17, 15) is 22.8 Å². The molecule has 4 nitrogen and oxygen atoms in total. The molecule has 2 rings (SSSR count). The number of benzene rings is 1. The Hall–Kier alpha value is -2.31. The minimum atomic E-state index is -4.39. The van der Waals surface area contributed by atoms with Gasteiger partial charge < -0.3 is 10.2 Å². The molecule has 0 bridgehead atoms. The maximum Gasteiger partial charge on any atom is 0.416 e. The summed E-state index contributed by atoms with van der Waals surface area (Å²) in [4.78, 5) is 27.0. The highest BCUT2D eigenvalue weighted by Crippen LogP contribution is 2.29. The van der Waals surface area contributed by atoms with Crippen LogP contribution in [0.3, 0.4) is 0 Å². The Morgan fingerprint density at radius 3 is 2.24 bits per heavy atom. The minimum Gasteiger partial charge on any atom is -0.350 e. The molecule has 0 spiro atoms. The average molecular weight is 410 g/mol. The smallest absolute Gasteiger partial charge is 0.350 e. The zero-order chi connectivity index (χ0) is 21.8. The Bertz CT molecular complexity index is 739. The van der Waals surface area contributed by atoms with E-state index in [-0.39, 0.29) is 23.8 Å². The molecule has 0 saturated carbocycles. The fraction of sp³-hybridized carbons (Fsp3) is 0.545. The van der Waals surface area contributed by atoms with Crippen LogP contribution in [-0.4, -0.2) is 35.3 Å². The van der Waals surface area contributed by atoms with Gasteiger partial charge in [-0.15, -0.1) is 0 Å². The number of rotatable bonds is 6. The first-order valence-electron chi connectivity index (χ1n) is 9.93. The largest absolute Gasteiger partial charge is 0.416 e. The number of piperazine rings is 1. The van der Waals surface area contributed by atoms with Gasteiger partial charge in [0.25, 0.3) is 0 Å². The zero-order valence-electron chi connectivity index (χ0n) is 17.3. The second kappa shape index (κ2) is 9.46. The van der Waals surface area contributed by atoms with E-state index in [0.29, 0.717) is 24.4 Å². The van der Waals surface area contributed by atoms with Crippen molar-refractivity contribution in [2.75, 3.05) is 6.54 Å². The van der Waals surface area contributed by atoms with E-state index in [1.165, 1.54) is 24.3 Å². The molecule has 0 unspecified atom stereocenters. The van der Waals surface area contributed by atoms with E-state index in [1.54, 1.807) is 4.90 Å². The lowest BCUT2D eigenvalue weighted by Crippen LogP contribution is -2.61. The average Bonchev–Trinajstić information content (AvgIpc) is 2.60. The summed E-state index contributed by atoms with van der Waals surface area (Å²) >= 11 is 0. The van der Waals surface area contributed by atoms with E-state index in [2.05, 4.69) is 19.2 Å². The summed E-state index contributed by atoms with van der Waals surface area (Å²) in [7, 11) is 0. The van der Waals surface area contributed by atoms with Crippen molar-refractivity contribution < 1.29 is 22.8 Å². The quantitative estimate of drug-likeness (QED) is 0.702. The fourth-order valence-corrected chi connectivity index (χ4v) is 3.52. The highest BCUT2D eigenvalue weighted by Gasteiger charge is 2.37. The van der Waals surface area contributed by atoms with Crippen molar-refractivity contribution in [3.05, 3.63) is 41.5 Å². The molecular weight excluding hydrogens is 381 g/mol. The highest BCUT2D eigenvalue weighted by molar-refractivity contribution is 5.96. The van der Waals surface area contributed by atoms with Crippen LogP contribution in [0, 0.1) is 11.8 Å². The monoisotopic (exact) mass is 410 g/mol. The van der Waals surface area contributed by atoms with Gasteiger partial charge in [-0.2, -0.15) is 13.2 Å². The van der Waals surface area contributed by atoms with Crippen molar-refractivity contribution >= 4 is 17.9 Å². The molecule has 7 heteroatoms. The zero-order valence-corrected chi connectivity index (χ0v) is 17.3. The first kappa shape index (κ1) is 23.0. The number of carbonyl (C=O) groups excluding carboxylic acids is 2. The van der Waals surface area contributed by atoms with Crippen LogP contribution in [0.15, 0.2) is 30.3 Å². The third-order valence-corrected chi connectivity index (χ3v) is 4.83. The summed E-state index contributed by atoms with van der Waals surface area (Å²) in [6.45, 7) is 8.53. The van der Waals surface area contributed by atoms with Gasteiger partial charge in [0.15, 0.2) is 0 Å². The van der Waals surface area contributed by atoms with E-state index in [4.69, 9.17) is 0 Å². The lowest BCUT2D eigenvalue weighted by molar-refractivity contribution is -0.142. The van der Waals surface area contributed by atoms with E-state index < -0.39 is 17.8 Å². The summed E-state index contributed by atoms with van der Waals surface area (Å²) in [6, 6.07) is 3.97. The van der Waals surface area contributed by atoms with Crippen LogP contribution in [0.2, 0.25) is 0 Å². The van der Waals surface area contributed by atoms with Crippen LogP contribution in [0.5, 0.6) is 0 Å². The van der Waals surface area contributed by atoms with Gasteiger partial charge in [-0.25, -0.2) is 0 Å². The Morgan fingerprint density at radius 1 is 1.14 bits per heavy atom. The van der Waals surface area contributed by atoms with Gasteiger partial charge in [0.1, 0.15) is 6.04 Å². The van der Waals surface area contributed by atoms with E-state index >= 15 is 0 Å². The number of carbonyl (C=O) groups is 2. The molecule has 0 aromatic heterocycles. The first-order chi connectivity index (χ1) is 13.5. The summed E-state index contributed by atoms with van der Waals surface area (Å²) in [5.74, 6) is 0.161. The Kier molecular flexibility index (Phi) is 7.49. The van der Waals surface area contributed by atoms with Crippen LogP contribution < -0.4 is 5.32 Å². The Balaban J connectivity index is 2.16. The van der Waals surface area contributed by atoms with Crippen molar-refractivity contribution in [3.8, 4) is 0 Å². The lowest BCUT2D eigenvalue weighted by atomic mass is 9.95. The van der Waals surface area contributed by atoms with E-state index in [1.807, 2.05) is 13.8 Å². The molecule has 1 heterocycles. The number of hydrogen-bond donors (Lipinski definition) is 1. The van der Waals surface area contributed by atoms with Crippen LogP contribution >= 0.6 is 0 Å². The number of halogens is 3. The molecule has 1 aromatic rings. The molecule has 1 saturated heterocycles. The molecule has 29 heavy (non-hydrogen) atoms. The predicted molar refractivity (Wildman–Crippen MR) is 107 cm³/mol. The topological polar surface area (TPSA) is 49.4 Å². The van der Waals surface area contributed by atoms with Crippen LogP contribution in [0.25, 0.3) is 6.08 Å². The summed E-state index contributed by atoms with van der Waals surface area (Å²) in [5, 5.41) is 3.02. The number of hydrogen-bond acceptors (Lipinski definition) is 2. The fourth-order valence-electron chi connectivity index (χ4n) is 3.52. The third kappa shape index (κ3) is 6.61. The van der Waals surface area contributed by atoms with Crippen molar-refractivity contribution in [2.45, 2.75) is 58.8 Å². The molecule has 1 fully saturated rings. The molecule has 1 aliphatic rings. The Labute approximate surface area is 170 Å². The molecule has 1 aliphatic heterocycles. The Morgan fingerprint density at radius 2 is 1.72 bits per heavy atom.